The number of hydrogen-bond donors (Lipinski definition) is 1. The van der Waals surface area contributed by atoms with E-state index in [1.807, 2.05) is 41.1 Å². The molecule has 0 spiro atoms. The van der Waals surface area contributed by atoms with Gasteiger partial charge < -0.3 is 15.0 Å². The summed E-state index contributed by atoms with van der Waals surface area (Å²) in [5.74, 6) is -0.0867. The minimum Gasteiger partial charge on any atom is -0.494 e. The fourth-order valence-electron chi connectivity index (χ4n) is 2.34. The molecule has 0 aliphatic carbocycles. The minimum absolute atomic E-state index is 0.260. The van der Waals surface area contributed by atoms with Gasteiger partial charge >= 0.3 is 0 Å². The van der Waals surface area contributed by atoms with Crippen LogP contribution in [0.5, 0.6) is 5.75 Å². The molecule has 3 nitrogen and oxygen atoms in total. The van der Waals surface area contributed by atoms with Crippen molar-refractivity contribution in [2.45, 2.75) is 6.54 Å². The Morgan fingerprint density at radius 3 is 2.75 bits per heavy atom. The summed E-state index contributed by atoms with van der Waals surface area (Å²) < 4.78 is 20.7. The smallest absolute Gasteiger partial charge is 0.165 e. The van der Waals surface area contributed by atoms with Crippen molar-refractivity contribution in [2.75, 3.05) is 12.8 Å². The van der Waals surface area contributed by atoms with Crippen LogP contribution in [0.4, 0.5) is 10.1 Å². The fraction of sp³-hybridized carbons (Fsp3) is 0.125. The van der Waals surface area contributed by atoms with E-state index in [0.717, 1.165) is 22.2 Å². The summed E-state index contributed by atoms with van der Waals surface area (Å²) in [6.45, 7) is 0.591. The summed E-state index contributed by atoms with van der Waals surface area (Å²) >= 11 is 0. The zero-order chi connectivity index (χ0) is 14.1. The number of benzene rings is 2. The van der Waals surface area contributed by atoms with E-state index in [2.05, 4.69) is 0 Å². The predicted molar refractivity (Wildman–Crippen MR) is 78.4 cm³/mol. The number of fused-ring (bicyclic) bond motifs is 1. The Morgan fingerprint density at radius 1 is 1.15 bits per heavy atom. The number of aromatic nitrogens is 1. The summed E-state index contributed by atoms with van der Waals surface area (Å²) in [6.07, 6.45) is 1.98. The molecule has 0 saturated carbocycles. The molecule has 0 fully saturated rings. The Balaban J connectivity index is 1.97. The second-order valence-corrected chi connectivity index (χ2v) is 4.73. The SMILES string of the molecule is COc1ccc(Cn2ccc3ccc(N)cc32)cc1F. The maximum Gasteiger partial charge on any atom is 0.165 e. The van der Waals surface area contributed by atoms with Crippen molar-refractivity contribution in [1.29, 1.82) is 0 Å². The molecule has 2 aromatic carbocycles. The Hall–Kier alpha value is -2.49. The van der Waals surface area contributed by atoms with E-state index in [0.29, 0.717) is 6.54 Å². The zero-order valence-corrected chi connectivity index (χ0v) is 11.1. The van der Waals surface area contributed by atoms with Gasteiger partial charge in [0.2, 0.25) is 0 Å². The van der Waals surface area contributed by atoms with Crippen LogP contribution in [0.2, 0.25) is 0 Å². The van der Waals surface area contributed by atoms with E-state index in [-0.39, 0.29) is 11.6 Å². The molecule has 0 atom stereocenters. The summed E-state index contributed by atoms with van der Waals surface area (Å²) in [5, 5.41) is 1.12. The Morgan fingerprint density at radius 2 is 2.00 bits per heavy atom. The molecule has 102 valence electrons. The summed E-state index contributed by atoms with van der Waals surface area (Å²) in [4.78, 5) is 0. The van der Waals surface area contributed by atoms with E-state index in [1.54, 1.807) is 6.07 Å². The van der Waals surface area contributed by atoms with Crippen molar-refractivity contribution in [3.05, 3.63) is 60.0 Å². The Bertz CT molecular complexity index is 764. The molecule has 20 heavy (non-hydrogen) atoms. The summed E-state index contributed by atoms with van der Waals surface area (Å²) in [6, 6.07) is 12.8. The van der Waals surface area contributed by atoms with Crippen molar-refractivity contribution in [1.82, 2.24) is 4.57 Å². The number of rotatable bonds is 3. The van der Waals surface area contributed by atoms with Crippen LogP contribution in [0.15, 0.2) is 48.7 Å². The van der Waals surface area contributed by atoms with Crippen LogP contribution in [0, 0.1) is 5.82 Å². The molecule has 0 amide bonds. The molecule has 1 aromatic heterocycles. The van der Waals surface area contributed by atoms with Gasteiger partial charge in [-0.05, 0) is 41.3 Å². The zero-order valence-electron chi connectivity index (χ0n) is 11.1. The molecule has 2 N–H and O–H groups in total. The first-order chi connectivity index (χ1) is 9.67. The highest BCUT2D eigenvalue weighted by atomic mass is 19.1. The molecule has 3 rings (SSSR count). The van der Waals surface area contributed by atoms with Gasteiger partial charge in [0.15, 0.2) is 11.6 Å². The number of halogens is 1. The first kappa shape index (κ1) is 12.5. The topological polar surface area (TPSA) is 40.2 Å². The molecule has 0 unspecified atom stereocenters. The number of anilines is 1. The molecule has 3 aromatic rings. The highest BCUT2D eigenvalue weighted by Crippen LogP contribution is 2.22. The highest BCUT2D eigenvalue weighted by Gasteiger charge is 2.06. The van der Waals surface area contributed by atoms with Crippen molar-refractivity contribution >= 4 is 16.6 Å². The number of methoxy groups -OCH3 is 1. The normalized spacial score (nSPS) is 10.9. The van der Waals surface area contributed by atoms with E-state index >= 15 is 0 Å². The van der Waals surface area contributed by atoms with Gasteiger partial charge in [-0.3, -0.25) is 0 Å². The van der Waals surface area contributed by atoms with Gasteiger partial charge in [0.1, 0.15) is 0 Å². The van der Waals surface area contributed by atoms with E-state index < -0.39 is 0 Å². The Kier molecular flexibility index (Phi) is 3.06. The average molecular weight is 270 g/mol. The van der Waals surface area contributed by atoms with Crippen molar-refractivity contribution in [3.63, 3.8) is 0 Å². The van der Waals surface area contributed by atoms with Crippen molar-refractivity contribution < 1.29 is 9.13 Å². The van der Waals surface area contributed by atoms with E-state index in [4.69, 9.17) is 10.5 Å². The molecule has 0 aliphatic heterocycles. The number of nitrogens with zero attached hydrogens (tertiary/aromatic N) is 1. The molecule has 4 heteroatoms. The van der Waals surface area contributed by atoms with Gasteiger partial charge in [-0.2, -0.15) is 0 Å². The van der Waals surface area contributed by atoms with E-state index in [9.17, 15) is 4.39 Å². The monoisotopic (exact) mass is 270 g/mol. The van der Waals surface area contributed by atoms with Gasteiger partial charge in [-0.1, -0.05) is 12.1 Å². The van der Waals surface area contributed by atoms with Gasteiger partial charge in [0, 0.05) is 18.4 Å². The van der Waals surface area contributed by atoms with Gasteiger partial charge in [-0.15, -0.1) is 0 Å². The lowest BCUT2D eigenvalue weighted by molar-refractivity contribution is 0.386. The third-order valence-electron chi connectivity index (χ3n) is 3.37. The maximum absolute atomic E-state index is 13.7. The lowest BCUT2D eigenvalue weighted by atomic mass is 10.2. The van der Waals surface area contributed by atoms with Gasteiger partial charge in [0.05, 0.1) is 12.6 Å². The Labute approximate surface area is 116 Å². The number of hydrogen-bond acceptors (Lipinski definition) is 2. The molecule has 0 bridgehead atoms. The molecular weight excluding hydrogens is 255 g/mol. The fourth-order valence-corrected chi connectivity index (χ4v) is 2.34. The number of nitrogens with two attached hydrogens (primary N) is 1. The molecule has 0 radical (unpaired) electrons. The van der Waals surface area contributed by atoms with Crippen LogP contribution in [-0.4, -0.2) is 11.7 Å². The van der Waals surface area contributed by atoms with Crippen LogP contribution in [-0.2, 0) is 6.54 Å². The predicted octanol–water partition coefficient (Wildman–Crippen LogP) is 3.42. The lowest BCUT2D eigenvalue weighted by Crippen LogP contribution is -1.99. The van der Waals surface area contributed by atoms with Gasteiger partial charge in [-0.25, -0.2) is 4.39 Å². The molecule has 0 aliphatic rings. The lowest BCUT2D eigenvalue weighted by Gasteiger charge is -2.08. The summed E-state index contributed by atoms with van der Waals surface area (Å²) in [7, 11) is 1.46. The maximum atomic E-state index is 13.7. The molecule has 0 saturated heterocycles. The first-order valence-electron chi connectivity index (χ1n) is 6.34. The third-order valence-corrected chi connectivity index (χ3v) is 3.37. The average Bonchev–Trinajstić information content (AvgIpc) is 2.82. The number of nitrogen functional groups attached to an aromatic ring is 1. The van der Waals surface area contributed by atoms with Gasteiger partial charge in [0.25, 0.3) is 0 Å². The molecule has 1 heterocycles. The highest BCUT2D eigenvalue weighted by molar-refractivity contribution is 5.83. The minimum atomic E-state index is -0.346. The second-order valence-electron chi connectivity index (χ2n) is 4.73. The molecular formula is C16H15FN2O. The van der Waals surface area contributed by atoms with Crippen molar-refractivity contribution in [2.24, 2.45) is 0 Å². The largest absolute Gasteiger partial charge is 0.494 e. The third kappa shape index (κ3) is 2.20. The first-order valence-corrected chi connectivity index (χ1v) is 6.34. The summed E-state index contributed by atoms with van der Waals surface area (Å²) in [5.41, 5.74) is 8.46. The second kappa shape index (κ2) is 4.89. The van der Waals surface area contributed by atoms with E-state index in [1.165, 1.54) is 13.2 Å². The van der Waals surface area contributed by atoms with Crippen molar-refractivity contribution in [3.8, 4) is 5.75 Å². The van der Waals surface area contributed by atoms with Crippen LogP contribution in [0.3, 0.4) is 0 Å². The van der Waals surface area contributed by atoms with Crippen LogP contribution in [0.1, 0.15) is 5.56 Å². The number of ether oxygens (including phenoxy) is 1. The quantitative estimate of drug-likeness (QED) is 0.741. The van der Waals surface area contributed by atoms with Crippen LogP contribution in [0.25, 0.3) is 10.9 Å². The van der Waals surface area contributed by atoms with Crippen LogP contribution < -0.4 is 10.5 Å². The van der Waals surface area contributed by atoms with Crippen LogP contribution >= 0.6 is 0 Å². The standard InChI is InChI=1S/C16H15FN2O/c1-20-16-5-2-11(8-14(16)17)10-19-7-6-12-3-4-13(18)9-15(12)19/h2-9H,10,18H2,1H3.